The zero-order valence-electron chi connectivity index (χ0n) is 14.3. The predicted molar refractivity (Wildman–Crippen MR) is 102 cm³/mol. The zero-order valence-corrected chi connectivity index (χ0v) is 16.0. The molecule has 1 saturated heterocycles. The van der Waals surface area contributed by atoms with Gasteiger partial charge < -0.3 is 9.42 Å². The number of rotatable bonds is 6. The Morgan fingerprint density at radius 3 is 2.81 bits per heavy atom. The number of carbonyl (C=O) groups excluding carboxylic acids is 1. The lowest BCUT2D eigenvalue weighted by Crippen LogP contribution is -2.48. The highest BCUT2D eigenvalue weighted by atomic mass is 32.1. The number of amides is 1. The zero-order chi connectivity index (χ0) is 17.8. The van der Waals surface area contributed by atoms with Crippen molar-refractivity contribution in [1.29, 1.82) is 0 Å². The highest BCUT2D eigenvalue weighted by Crippen LogP contribution is 2.21. The molecule has 136 valence electrons. The van der Waals surface area contributed by atoms with Gasteiger partial charge in [0.05, 0.1) is 11.4 Å². The molecule has 3 aromatic rings. The Labute approximate surface area is 160 Å². The maximum atomic E-state index is 12.4. The molecular formula is C18H20N4O2S2. The molecule has 8 heteroatoms. The Morgan fingerprint density at radius 2 is 2.08 bits per heavy atom. The van der Waals surface area contributed by atoms with Gasteiger partial charge >= 0.3 is 0 Å². The van der Waals surface area contributed by atoms with Gasteiger partial charge in [-0.15, -0.1) is 11.3 Å². The minimum absolute atomic E-state index is 0.244. The topological polar surface area (TPSA) is 62.5 Å². The fourth-order valence-electron chi connectivity index (χ4n) is 3.02. The van der Waals surface area contributed by atoms with E-state index in [2.05, 4.69) is 31.9 Å². The Bertz CT molecular complexity index is 821. The molecular weight excluding hydrogens is 368 g/mol. The van der Waals surface area contributed by atoms with E-state index in [4.69, 9.17) is 4.52 Å². The molecule has 0 unspecified atom stereocenters. The molecule has 1 fully saturated rings. The highest BCUT2D eigenvalue weighted by Gasteiger charge is 2.22. The molecule has 0 saturated carbocycles. The van der Waals surface area contributed by atoms with Gasteiger partial charge in [-0.1, -0.05) is 11.2 Å². The summed E-state index contributed by atoms with van der Waals surface area (Å²) in [6.07, 6.45) is 1.42. The number of thiophene rings is 2. The van der Waals surface area contributed by atoms with E-state index in [1.807, 2.05) is 22.4 Å². The SMILES string of the molecule is O=C(CCc1ccsc1)N1CCN(Cc2nc(-c3cccs3)no2)CC1. The van der Waals surface area contributed by atoms with E-state index in [0.29, 0.717) is 24.7 Å². The lowest BCUT2D eigenvalue weighted by atomic mass is 10.1. The van der Waals surface area contributed by atoms with Gasteiger partial charge in [-0.3, -0.25) is 9.69 Å². The van der Waals surface area contributed by atoms with Crippen LogP contribution in [0.25, 0.3) is 10.7 Å². The van der Waals surface area contributed by atoms with Gasteiger partial charge in [0.2, 0.25) is 17.6 Å². The Morgan fingerprint density at radius 1 is 1.19 bits per heavy atom. The van der Waals surface area contributed by atoms with E-state index in [1.54, 1.807) is 22.7 Å². The molecule has 1 aliphatic heterocycles. The van der Waals surface area contributed by atoms with Crippen LogP contribution in [0.3, 0.4) is 0 Å². The first-order valence-corrected chi connectivity index (χ1v) is 10.5. The van der Waals surface area contributed by atoms with Crippen LogP contribution in [-0.2, 0) is 17.8 Å². The second-order valence-corrected chi connectivity index (χ2v) is 8.01. The number of aromatic nitrogens is 2. The van der Waals surface area contributed by atoms with Gasteiger partial charge in [-0.25, -0.2) is 0 Å². The summed E-state index contributed by atoms with van der Waals surface area (Å²) in [5, 5.41) is 10.2. The third-order valence-corrected chi connectivity index (χ3v) is 6.10. The summed E-state index contributed by atoms with van der Waals surface area (Å²) in [5.74, 6) is 1.52. The Balaban J connectivity index is 1.24. The molecule has 6 nitrogen and oxygen atoms in total. The first-order chi connectivity index (χ1) is 12.8. The van der Waals surface area contributed by atoms with Gasteiger partial charge in [0.25, 0.3) is 0 Å². The van der Waals surface area contributed by atoms with Crippen molar-refractivity contribution in [3.05, 3.63) is 45.8 Å². The Kier molecular flexibility index (Phi) is 5.42. The van der Waals surface area contributed by atoms with Gasteiger partial charge in [0, 0.05) is 32.6 Å². The second-order valence-electron chi connectivity index (χ2n) is 6.28. The Hall–Kier alpha value is -2.03. The minimum Gasteiger partial charge on any atom is -0.340 e. The van der Waals surface area contributed by atoms with Crippen molar-refractivity contribution in [2.45, 2.75) is 19.4 Å². The van der Waals surface area contributed by atoms with Crippen LogP contribution in [-0.4, -0.2) is 52.0 Å². The van der Waals surface area contributed by atoms with Crippen molar-refractivity contribution in [1.82, 2.24) is 19.9 Å². The van der Waals surface area contributed by atoms with Gasteiger partial charge in [0.1, 0.15) is 0 Å². The maximum Gasteiger partial charge on any atom is 0.241 e. The smallest absolute Gasteiger partial charge is 0.241 e. The average molecular weight is 389 g/mol. The quantitative estimate of drug-likeness (QED) is 0.649. The van der Waals surface area contributed by atoms with E-state index in [1.165, 1.54) is 5.56 Å². The van der Waals surface area contributed by atoms with Gasteiger partial charge in [0.15, 0.2) is 0 Å². The van der Waals surface area contributed by atoms with E-state index >= 15 is 0 Å². The summed E-state index contributed by atoms with van der Waals surface area (Å²) in [6.45, 7) is 3.82. The molecule has 1 amide bonds. The molecule has 0 radical (unpaired) electrons. The number of aryl methyl sites for hydroxylation is 1. The summed E-state index contributed by atoms with van der Waals surface area (Å²) in [7, 11) is 0. The summed E-state index contributed by atoms with van der Waals surface area (Å²) < 4.78 is 5.37. The van der Waals surface area contributed by atoms with Crippen LogP contribution in [0, 0.1) is 0 Å². The lowest BCUT2D eigenvalue weighted by Gasteiger charge is -2.34. The van der Waals surface area contributed by atoms with Crippen molar-refractivity contribution >= 4 is 28.6 Å². The minimum atomic E-state index is 0.244. The predicted octanol–water partition coefficient (Wildman–Crippen LogP) is 3.14. The number of piperazine rings is 1. The van der Waals surface area contributed by atoms with Crippen LogP contribution < -0.4 is 0 Å². The monoisotopic (exact) mass is 388 g/mol. The summed E-state index contributed by atoms with van der Waals surface area (Å²) in [5.41, 5.74) is 1.25. The number of nitrogens with zero attached hydrogens (tertiary/aromatic N) is 4. The van der Waals surface area contributed by atoms with Crippen molar-refractivity contribution in [2.24, 2.45) is 0 Å². The van der Waals surface area contributed by atoms with E-state index in [0.717, 1.165) is 37.5 Å². The van der Waals surface area contributed by atoms with E-state index in [9.17, 15) is 4.79 Å². The molecule has 0 spiro atoms. The van der Waals surface area contributed by atoms with Crippen LogP contribution >= 0.6 is 22.7 Å². The molecule has 0 N–H and O–H groups in total. The number of carbonyl (C=O) groups is 1. The standard InChI is InChI=1S/C18H20N4O2S2/c23-17(4-3-14-5-11-25-13-14)22-8-6-21(7-9-22)12-16-19-18(20-24-16)15-2-1-10-26-15/h1-2,5,10-11,13H,3-4,6-9,12H2. The maximum absolute atomic E-state index is 12.4. The summed E-state index contributed by atoms with van der Waals surface area (Å²) in [4.78, 5) is 22.1. The van der Waals surface area contributed by atoms with Crippen LogP contribution in [0.1, 0.15) is 17.9 Å². The highest BCUT2D eigenvalue weighted by molar-refractivity contribution is 7.13. The van der Waals surface area contributed by atoms with Crippen LogP contribution in [0.5, 0.6) is 0 Å². The fraction of sp³-hybridized carbons (Fsp3) is 0.389. The van der Waals surface area contributed by atoms with E-state index in [-0.39, 0.29) is 5.91 Å². The fourth-order valence-corrected chi connectivity index (χ4v) is 4.37. The third kappa shape index (κ3) is 4.20. The average Bonchev–Trinajstić information content (AvgIpc) is 3.41. The van der Waals surface area contributed by atoms with Crippen LogP contribution in [0.15, 0.2) is 38.9 Å². The second kappa shape index (κ2) is 8.11. The first-order valence-electron chi connectivity index (χ1n) is 8.65. The third-order valence-electron chi connectivity index (χ3n) is 4.50. The lowest BCUT2D eigenvalue weighted by molar-refractivity contribution is -0.133. The molecule has 0 bridgehead atoms. The van der Waals surface area contributed by atoms with Crippen LogP contribution in [0.4, 0.5) is 0 Å². The molecule has 0 atom stereocenters. The molecule has 1 aliphatic rings. The van der Waals surface area contributed by atoms with E-state index < -0.39 is 0 Å². The summed E-state index contributed by atoms with van der Waals surface area (Å²) in [6, 6.07) is 6.05. The molecule has 0 aromatic carbocycles. The van der Waals surface area contributed by atoms with Crippen molar-refractivity contribution in [3.63, 3.8) is 0 Å². The first kappa shape index (κ1) is 17.4. The summed E-state index contributed by atoms with van der Waals surface area (Å²) >= 11 is 3.28. The van der Waals surface area contributed by atoms with Crippen molar-refractivity contribution < 1.29 is 9.32 Å². The molecule has 4 heterocycles. The van der Waals surface area contributed by atoms with Gasteiger partial charge in [-0.2, -0.15) is 16.3 Å². The molecule has 0 aliphatic carbocycles. The molecule has 3 aromatic heterocycles. The molecule has 4 rings (SSSR count). The normalized spacial score (nSPS) is 15.5. The van der Waals surface area contributed by atoms with Crippen LogP contribution in [0.2, 0.25) is 0 Å². The number of hydrogen-bond donors (Lipinski definition) is 0. The van der Waals surface area contributed by atoms with Gasteiger partial charge in [-0.05, 0) is 40.3 Å². The van der Waals surface area contributed by atoms with Crippen molar-refractivity contribution in [3.8, 4) is 10.7 Å². The molecule has 26 heavy (non-hydrogen) atoms. The van der Waals surface area contributed by atoms with Crippen molar-refractivity contribution in [2.75, 3.05) is 26.2 Å². The largest absolute Gasteiger partial charge is 0.340 e. The number of hydrogen-bond acceptors (Lipinski definition) is 7.